The van der Waals surface area contributed by atoms with Crippen LogP contribution in [0.4, 0.5) is 0 Å². The van der Waals surface area contributed by atoms with Crippen molar-refractivity contribution in [3.8, 4) is 11.5 Å². The normalized spacial score (nSPS) is 12.1. The van der Waals surface area contributed by atoms with E-state index in [0.717, 1.165) is 39.4 Å². The minimum Gasteiger partial charge on any atom is -0.489 e. The molecule has 3 aromatic carbocycles. The quantitative estimate of drug-likeness (QED) is 0.127. The van der Waals surface area contributed by atoms with Crippen LogP contribution in [0.25, 0.3) is 0 Å². The third kappa shape index (κ3) is 7.25. The highest BCUT2D eigenvalue weighted by Gasteiger charge is 2.25. The number of hydrogen-bond donors (Lipinski definition) is 0. The Morgan fingerprint density at radius 1 is 0.897 bits per heavy atom. The van der Waals surface area contributed by atoms with Gasteiger partial charge in [-0.3, -0.25) is 4.79 Å². The highest BCUT2D eigenvalue weighted by Crippen LogP contribution is 2.34. The topological polar surface area (TPSA) is 92.4 Å². The summed E-state index contributed by atoms with van der Waals surface area (Å²) in [6, 6.07) is 25.2. The SMILES string of the molecule is CON=C(COc1ccc(COc2ccc(C(CC(=O)OC)c3c(C)noc3C)cc2)cc1)c1ccccc1. The molecule has 0 saturated carbocycles. The molecule has 8 heteroatoms. The van der Waals surface area contributed by atoms with Crippen molar-refractivity contribution in [2.75, 3.05) is 20.8 Å². The van der Waals surface area contributed by atoms with Gasteiger partial charge in [-0.2, -0.15) is 0 Å². The Morgan fingerprint density at radius 3 is 2.18 bits per heavy atom. The summed E-state index contributed by atoms with van der Waals surface area (Å²) in [6.45, 7) is 4.41. The number of rotatable bonds is 12. The minimum absolute atomic E-state index is 0.193. The molecule has 202 valence electrons. The van der Waals surface area contributed by atoms with Gasteiger partial charge in [-0.25, -0.2) is 0 Å². The number of nitrogens with zero attached hydrogens (tertiary/aromatic N) is 2. The van der Waals surface area contributed by atoms with Gasteiger partial charge in [0.25, 0.3) is 0 Å². The van der Waals surface area contributed by atoms with E-state index in [1.807, 2.05) is 92.7 Å². The molecule has 0 aliphatic carbocycles. The highest BCUT2D eigenvalue weighted by molar-refractivity contribution is 6.01. The van der Waals surface area contributed by atoms with Gasteiger partial charge in [-0.1, -0.05) is 64.9 Å². The van der Waals surface area contributed by atoms with Crippen molar-refractivity contribution in [3.63, 3.8) is 0 Å². The average molecular weight is 529 g/mol. The summed E-state index contributed by atoms with van der Waals surface area (Å²) in [6.07, 6.45) is 0.193. The molecular formula is C31H32N2O6. The van der Waals surface area contributed by atoms with Crippen molar-refractivity contribution in [3.05, 3.63) is 113 Å². The fraction of sp³-hybridized carbons (Fsp3) is 0.258. The standard InChI is InChI=1S/C31H32N2O6/c1-21-31(22(2)39-32-21)28(18-30(34)35-3)24-12-16-27(17-13-24)37-19-23-10-14-26(15-11-23)38-20-29(33-36-4)25-8-6-5-7-9-25/h5-17,28H,18-20H2,1-4H3. The van der Waals surface area contributed by atoms with Gasteiger partial charge in [0, 0.05) is 17.0 Å². The maximum atomic E-state index is 12.1. The molecule has 0 amide bonds. The molecule has 1 aromatic heterocycles. The molecule has 0 N–H and O–H groups in total. The van der Waals surface area contributed by atoms with Gasteiger partial charge < -0.3 is 23.6 Å². The van der Waals surface area contributed by atoms with E-state index < -0.39 is 0 Å². The van der Waals surface area contributed by atoms with E-state index in [1.165, 1.54) is 14.2 Å². The van der Waals surface area contributed by atoms with E-state index in [1.54, 1.807) is 0 Å². The van der Waals surface area contributed by atoms with E-state index in [9.17, 15) is 4.79 Å². The van der Waals surface area contributed by atoms with Crippen LogP contribution in [0, 0.1) is 13.8 Å². The van der Waals surface area contributed by atoms with E-state index in [2.05, 4.69) is 10.3 Å². The van der Waals surface area contributed by atoms with E-state index >= 15 is 0 Å². The lowest BCUT2D eigenvalue weighted by atomic mass is 9.87. The van der Waals surface area contributed by atoms with Gasteiger partial charge in [-0.15, -0.1) is 0 Å². The van der Waals surface area contributed by atoms with Crippen molar-refractivity contribution in [2.24, 2.45) is 5.16 Å². The summed E-state index contributed by atoms with van der Waals surface area (Å²) in [5.41, 5.74) is 5.27. The summed E-state index contributed by atoms with van der Waals surface area (Å²) in [7, 11) is 2.91. The fourth-order valence-electron chi connectivity index (χ4n) is 4.32. The predicted octanol–water partition coefficient (Wildman–Crippen LogP) is 5.99. The molecule has 1 unspecified atom stereocenters. The average Bonchev–Trinajstić information content (AvgIpc) is 3.31. The first-order valence-corrected chi connectivity index (χ1v) is 12.6. The van der Waals surface area contributed by atoms with E-state index in [0.29, 0.717) is 18.1 Å². The minimum atomic E-state index is -0.296. The van der Waals surface area contributed by atoms with Crippen molar-refractivity contribution in [1.82, 2.24) is 5.16 Å². The van der Waals surface area contributed by atoms with Crippen molar-refractivity contribution >= 4 is 11.7 Å². The van der Waals surface area contributed by atoms with Crippen LogP contribution in [-0.4, -0.2) is 37.7 Å². The zero-order chi connectivity index (χ0) is 27.6. The molecule has 0 saturated heterocycles. The lowest BCUT2D eigenvalue weighted by Gasteiger charge is -2.17. The van der Waals surface area contributed by atoms with Crippen LogP contribution < -0.4 is 9.47 Å². The molecule has 0 bridgehead atoms. The third-order valence-electron chi connectivity index (χ3n) is 6.33. The van der Waals surface area contributed by atoms with E-state index in [4.69, 9.17) is 23.6 Å². The van der Waals surface area contributed by atoms with Crippen LogP contribution in [0.3, 0.4) is 0 Å². The van der Waals surface area contributed by atoms with Crippen LogP contribution in [0.15, 0.2) is 88.5 Å². The molecule has 0 aliphatic rings. The lowest BCUT2D eigenvalue weighted by molar-refractivity contribution is -0.140. The maximum absolute atomic E-state index is 12.1. The fourth-order valence-corrected chi connectivity index (χ4v) is 4.32. The molecular weight excluding hydrogens is 496 g/mol. The van der Waals surface area contributed by atoms with Crippen LogP contribution in [0.5, 0.6) is 11.5 Å². The number of methoxy groups -OCH3 is 1. The summed E-state index contributed by atoms with van der Waals surface area (Å²) in [5, 5.41) is 8.14. The van der Waals surface area contributed by atoms with Crippen molar-refractivity contribution in [2.45, 2.75) is 32.8 Å². The molecule has 39 heavy (non-hydrogen) atoms. The number of oxime groups is 1. The number of aryl methyl sites for hydroxylation is 2. The Morgan fingerprint density at radius 2 is 1.56 bits per heavy atom. The Hall–Kier alpha value is -4.59. The van der Waals surface area contributed by atoms with Crippen LogP contribution >= 0.6 is 0 Å². The number of esters is 1. The monoisotopic (exact) mass is 528 g/mol. The number of hydrogen-bond acceptors (Lipinski definition) is 8. The van der Waals surface area contributed by atoms with Crippen LogP contribution in [0.1, 0.15) is 46.0 Å². The second kappa shape index (κ2) is 13.3. The van der Waals surface area contributed by atoms with Gasteiger partial charge >= 0.3 is 5.97 Å². The van der Waals surface area contributed by atoms with Crippen molar-refractivity contribution in [1.29, 1.82) is 0 Å². The summed E-state index contributed by atoms with van der Waals surface area (Å²) >= 11 is 0. The molecule has 0 radical (unpaired) electrons. The summed E-state index contributed by atoms with van der Waals surface area (Å²) < 4.78 is 22.2. The lowest BCUT2D eigenvalue weighted by Crippen LogP contribution is -2.13. The Labute approximate surface area is 228 Å². The highest BCUT2D eigenvalue weighted by atomic mass is 16.6. The van der Waals surface area contributed by atoms with Gasteiger partial charge in [0.05, 0.1) is 19.2 Å². The molecule has 0 aliphatic heterocycles. The molecule has 8 nitrogen and oxygen atoms in total. The third-order valence-corrected chi connectivity index (χ3v) is 6.33. The van der Waals surface area contributed by atoms with Gasteiger partial charge in [0.15, 0.2) is 0 Å². The molecule has 4 aromatic rings. The molecule has 1 atom stereocenters. The molecule has 0 fully saturated rings. The number of carbonyl (C=O) groups is 1. The van der Waals surface area contributed by atoms with Crippen LogP contribution in [-0.2, 0) is 21.0 Å². The maximum Gasteiger partial charge on any atom is 0.306 e. The van der Waals surface area contributed by atoms with E-state index in [-0.39, 0.29) is 24.9 Å². The first-order chi connectivity index (χ1) is 19.0. The Bertz CT molecular complexity index is 1360. The van der Waals surface area contributed by atoms with Gasteiger partial charge in [-0.05, 0) is 49.2 Å². The number of carbonyl (C=O) groups excluding carboxylic acids is 1. The molecule has 0 spiro atoms. The Kier molecular flexibility index (Phi) is 9.34. The number of aromatic nitrogens is 1. The molecule has 4 rings (SSSR count). The van der Waals surface area contributed by atoms with Crippen LogP contribution in [0.2, 0.25) is 0 Å². The number of ether oxygens (including phenoxy) is 3. The zero-order valence-electron chi connectivity index (χ0n) is 22.5. The van der Waals surface area contributed by atoms with Gasteiger partial charge in [0.2, 0.25) is 0 Å². The second-order valence-corrected chi connectivity index (χ2v) is 8.95. The Balaban J connectivity index is 1.36. The second-order valence-electron chi connectivity index (χ2n) is 8.95. The van der Waals surface area contributed by atoms with Gasteiger partial charge in [0.1, 0.15) is 43.3 Å². The first-order valence-electron chi connectivity index (χ1n) is 12.6. The zero-order valence-corrected chi connectivity index (χ0v) is 22.5. The van der Waals surface area contributed by atoms with Crippen molar-refractivity contribution < 1.29 is 28.4 Å². The first kappa shape index (κ1) is 27.4. The summed E-state index contributed by atoms with van der Waals surface area (Å²) in [5.74, 6) is 1.62. The smallest absolute Gasteiger partial charge is 0.306 e. The molecule has 1 heterocycles. The predicted molar refractivity (Wildman–Crippen MR) is 147 cm³/mol. The summed E-state index contributed by atoms with van der Waals surface area (Å²) in [4.78, 5) is 17.1. The largest absolute Gasteiger partial charge is 0.489 e. The number of benzene rings is 3.